The molecule has 0 radical (unpaired) electrons. The molecule has 1 rings (SSSR count). The highest BCUT2D eigenvalue weighted by Gasteiger charge is 2.26. The lowest BCUT2D eigenvalue weighted by Crippen LogP contribution is -2.36. The Morgan fingerprint density at radius 2 is 1.58 bits per heavy atom. The van der Waals surface area contributed by atoms with Crippen LogP contribution in [0.4, 0.5) is 0 Å². The minimum absolute atomic E-state index is 0.0174. The van der Waals surface area contributed by atoms with Crippen molar-refractivity contribution < 1.29 is 18.6 Å². The summed E-state index contributed by atoms with van der Waals surface area (Å²) >= 11 is 11.7. The Bertz CT molecular complexity index is 542. The van der Waals surface area contributed by atoms with Crippen molar-refractivity contribution in [2.75, 3.05) is 26.3 Å². The maximum Gasteiger partial charge on any atom is 0.243 e. The summed E-state index contributed by atoms with van der Waals surface area (Å²) in [5, 5.41) is 18.2. The van der Waals surface area contributed by atoms with Gasteiger partial charge < -0.3 is 10.2 Å². The molecule has 0 atom stereocenters. The van der Waals surface area contributed by atoms with Gasteiger partial charge in [-0.1, -0.05) is 23.2 Å². The van der Waals surface area contributed by atoms with Crippen molar-refractivity contribution in [3.05, 3.63) is 27.7 Å². The number of hydrogen-bond donors (Lipinski definition) is 2. The molecule has 2 N–H and O–H groups in total. The second kappa shape index (κ2) is 6.88. The van der Waals surface area contributed by atoms with Crippen molar-refractivity contribution in [1.82, 2.24) is 4.31 Å². The van der Waals surface area contributed by atoms with E-state index in [-0.39, 0.29) is 41.2 Å². The smallest absolute Gasteiger partial charge is 0.243 e. The Labute approximate surface area is 122 Å². The largest absolute Gasteiger partial charge is 0.395 e. The van der Waals surface area contributed by atoms with E-state index in [1.165, 1.54) is 12.1 Å². The van der Waals surface area contributed by atoms with Crippen LogP contribution in [0.2, 0.25) is 10.0 Å². The maximum atomic E-state index is 12.4. The van der Waals surface area contributed by atoms with Crippen LogP contribution in [0.25, 0.3) is 0 Å². The van der Waals surface area contributed by atoms with Gasteiger partial charge in [-0.2, -0.15) is 4.31 Å². The van der Waals surface area contributed by atoms with E-state index in [4.69, 9.17) is 33.4 Å². The number of hydrogen-bond acceptors (Lipinski definition) is 4. The van der Waals surface area contributed by atoms with Gasteiger partial charge in [0, 0.05) is 13.1 Å². The number of nitrogens with zero attached hydrogens (tertiary/aromatic N) is 1. The zero-order chi connectivity index (χ0) is 14.6. The summed E-state index contributed by atoms with van der Waals surface area (Å²) in [6.07, 6.45) is 0. The molecule has 0 aliphatic carbocycles. The van der Waals surface area contributed by atoms with E-state index >= 15 is 0 Å². The van der Waals surface area contributed by atoms with E-state index in [9.17, 15) is 8.42 Å². The normalized spacial score (nSPS) is 12.1. The van der Waals surface area contributed by atoms with Gasteiger partial charge in [0.05, 0.1) is 28.2 Å². The third kappa shape index (κ3) is 3.81. The number of aliphatic hydroxyl groups excluding tert-OH is 2. The molecule has 1 aromatic rings. The maximum absolute atomic E-state index is 12.4. The molecule has 0 amide bonds. The van der Waals surface area contributed by atoms with Gasteiger partial charge in [-0.15, -0.1) is 0 Å². The quantitative estimate of drug-likeness (QED) is 0.825. The predicted octanol–water partition coefficient (Wildman–Crippen LogP) is 1.28. The fourth-order valence-corrected chi connectivity index (χ4v) is 3.72. The molecule has 0 unspecified atom stereocenters. The Kier molecular flexibility index (Phi) is 6.04. The Balaban J connectivity index is 3.28. The fourth-order valence-electron chi connectivity index (χ4n) is 1.62. The van der Waals surface area contributed by atoms with E-state index in [1.54, 1.807) is 6.92 Å². The molecule has 1 aromatic carbocycles. The van der Waals surface area contributed by atoms with Crippen LogP contribution in [0.15, 0.2) is 17.0 Å². The van der Waals surface area contributed by atoms with E-state index in [1.807, 2.05) is 0 Å². The first-order valence-corrected chi connectivity index (χ1v) is 7.71. The first-order chi connectivity index (χ1) is 8.84. The molecule has 108 valence electrons. The fraction of sp³-hybridized carbons (Fsp3) is 0.455. The minimum Gasteiger partial charge on any atom is -0.395 e. The van der Waals surface area contributed by atoms with Crippen molar-refractivity contribution in [3.63, 3.8) is 0 Å². The van der Waals surface area contributed by atoms with Crippen LogP contribution in [-0.4, -0.2) is 49.2 Å². The second-order valence-corrected chi connectivity index (χ2v) is 6.60. The zero-order valence-electron chi connectivity index (χ0n) is 10.3. The van der Waals surface area contributed by atoms with Crippen LogP contribution < -0.4 is 0 Å². The van der Waals surface area contributed by atoms with Crippen LogP contribution in [0.1, 0.15) is 5.56 Å². The predicted molar refractivity (Wildman–Crippen MR) is 74.1 cm³/mol. The van der Waals surface area contributed by atoms with Crippen LogP contribution in [0, 0.1) is 6.92 Å². The summed E-state index contributed by atoms with van der Waals surface area (Å²) in [5.74, 6) is 0. The Morgan fingerprint density at radius 1 is 1.11 bits per heavy atom. The molecule has 0 fully saturated rings. The molecule has 5 nitrogen and oxygen atoms in total. The zero-order valence-corrected chi connectivity index (χ0v) is 12.6. The van der Waals surface area contributed by atoms with Gasteiger partial charge in [-0.05, 0) is 24.6 Å². The molecule has 0 saturated carbocycles. The number of benzene rings is 1. The average molecular weight is 328 g/mol. The van der Waals surface area contributed by atoms with E-state index in [2.05, 4.69) is 0 Å². The van der Waals surface area contributed by atoms with Crippen molar-refractivity contribution in [2.24, 2.45) is 0 Å². The first kappa shape index (κ1) is 16.7. The van der Waals surface area contributed by atoms with Crippen molar-refractivity contribution in [1.29, 1.82) is 0 Å². The molecule has 0 aromatic heterocycles. The van der Waals surface area contributed by atoms with Crippen LogP contribution >= 0.6 is 23.2 Å². The van der Waals surface area contributed by atoms with Crippen molar-refractivity contribution >= 4 is 33.2 Å². The molecule has 8 heteroatoms. The number of rotatable bonds is 6. The van der Waals surface area contributed by atoms with Gasteiger partial charge in [0.25, 0.3) is 0 Å². The van der Waals surface area contributed by atoms with Gasteiger partial charge in [0.15, 0.2) is 0 Å². The number of aliphatic hydroxyl groups is 2. The summed E-state index contributed by atoms with van der Waals surface area (Å²) in [6.45, 7) is 0.746. The van der Waals surface area contributed by atoms with E-state index in [0.717, 1.165) is 4.31 Å². The van der Waals surface area contributed by atoms with Gasteiger partial charge in [-0.3, -0.25) is 0 Å². The lowest BCUT2D eigenvalue weighted by Gasteiger charge is -2.21. The third-order valence-electron chi connectivity index (χ3n) is 2.53. The average Bonchev–Trinajstić information content (AvgIpc) is 2.33. The molecular weight excluding hydrogens is 313 g/mol. The second-order valence-electron chi connectivity index (χ2n) is 3.88. The molecule has 0 heterocycles. The van der Waals surface area contributed by atoms with Crippen LogP contribution in [0.5, 0.6) is 0 Å². The topological polar surface area (TPSA) is 77.8 Å². The summed E-state index contributed by atoms with van der Waals surface area (Å²) < 4.78 is 25.8. The summed E-state index contributed by atoms with van der Waals surface area (Å²) in [7, 11) is -3.83. The number of sulfonamides is 1. The van der Waals surface area contributed by atoms with Gasteiger partial charge in [0.2, 0.25) is 10.0 Å². The minimum atomic E-state index is -3.83. The monoisotopic (exact) mass is 327 g/mol. The van der Waals surface area contributed by atoms with E-state index in [0.29, 0.717) is 5.56 Å². The highest BCUT2D eigenvalue weighted by Crippen LogP contribution is 2.29. The molecule has 0 aliphatic rings. The van der Waals surface area contributed by atoms with Gasteiger partial charge in [0.1, 0.15) is 0 Å². The van der Waals surface area contributed by atoms with Crippen molar-refractivity contribution in [3.8, 4) is 0 Å². The number of halogens is 2. The molecule has 0 bridgehead atoms. The molecule has 0 spiro atoms. The summed E-state index contributed by atoms with van der Waals surface area (Å²) in [5.41, 5.74) is 0.454. The van der Waals surface area contributed by atoms with Crippen LogP contribution in [0.3, 0.4) is 0 Å². The summed E-state index contributed by atoms with van der Waals surface area (Å²) in [4.78, 5) is 0.0174. The highest BCUT2D eigenvalue weighted by atomic mass is 35.5. The third-order valence-corrected chi connectivity index (χ3v) is 5.30. The van der Waals surface area contributed by atoms with Gasteiger partial charge >= 0.3 is 0 Å². The lowest BCUT2D eigenvalue weighted by molar-refractivity contribution is 0.217. The summed E-state index contributed by atoms with van der Waals surface area (Å²) in [6, 6.07) is 2.74. The Morgan fingerprint density at radius 3 is 2.05 bits per heavy atom. The van der Waals surface area contributed by atoms with Crippen molar-refractivity contribution in [2.45, 2.75) is 11.8 Å². The standard InChI is InChI=1S/C11H15Cl2NO4S/c1-8-6-9(12)10(13)7-11(8)19(17,18)14(2-4-15)3-5-16/h6-7,15-16H,2-5H2,1H3. The number of aryl methyl sites for hydroxylation is 1. The lowest BCUT2D eigenvalue weighted by atomic mass is 10.2. The first-order valence-electron chi connectivity index (χ1n) is 5.52. The molecule has 19 heavy (non-hydrogen) atoms. The van der Waals surface area contributed by atoms with Crippen LogP contribution in [-0.2, 0) is 10.0 Å². The highest BCUT2D eigenvalue weighted by molar-refractivity contribution is 7.89. The Hall–Kier alpha value is -0.370. The van der Waals surface area contributed by atoms with Gasteiger partial charge in [-0.25, -0.2) is 8.42 Å². The van der Waals surface area contributed by atoms with E-state index < -0.39 is 10.0 Å². The molecular formula is C11H15Cl2NO4S. The molecule has 0 aliphatic heterocycles. The SMILES string of the molecule is Cc1cc(Cl)c(Cl)cc1S(=O)(=O)N(CCO)CCO. The molecule has 0 saturated heterocycles.